The van der Waals surface area contributed by atoms with E-state index in [9.17, 15) is 0 Å². The Hall–Kier alpha value is -0.470. The van der Waals surface area contributed by atoms with Gasteiger partial charge in [-0.2, -0.15) is 0 Å². The molecule has 0 aliphatic rings. The molecule has 1 aromatic carbocycles. The van der Waals surface area contributed by atoms with Crippen LogP contribution in [0.1, 0.15) is 20.3 Å². The number of thioether (sulfide) groups is 1. The third-order valence-electron chi connectivity index (χ3n) is 2.44. The van der Waals surface area contributed by atoms with Crippen LogP contribution in [-0.4, -0.2) is 18.3 Å². The van der Waals surface area contributed by atoms with Gasteiger partial charge in [-0.05, 0) is 25.6 Å². The van der Waals surface area contributed by atoms with Crippen molar-refractivity contribution in [3.05, 3.63) is 30.3 Å². The van der Waals surface area contributed by atoms with Gasteiger partial charge in [-0.25, -0.2) is 0 Å². The van der Waals surface area contributed by atoms with Crippen molar-refractivity contribution in [2.24, 2.45) is 0 Å². The molecule has 0 radical (unpaired) electrons. The van der Waals surface area contributed by atoms with E-state index in [0.717, 1.165) is 0 Å². The molecule has 2 unspecified atom stereocenters. The highest BCUT2D eigenvalue weighted by Gasteiger charge is 2.13. The quantitative estimate of drug-likeness (QED) is 0.748. The van der Waals surface area contributed by atoms with Crippen LogP contribution in [0.25, 0.3) is 0 Å². The first kappa shape index (κ1) is 11.6. The van der Waals surface area contributed by atoms with Crippen molar-refractivity contribution in [3.8, 4) is 0 Å². The van der Waals surface area contributed by atoms with E-state index in [2.05, 4.69) is 49.5 Å². The molecular formula is C12H19NS. The summed E-state index contributed by atoms with van der Waals surface area (Å²) in [5.74, 6) is 0. The van der Waals surface area contributed by atoms with Gasteiger partial charge in [0.15, 0.2) is 0 Å². The monoisotopic (exact) mass is 209 g/mol. The van der Waals surface area contributed by atoms with E-state index in [1.54, 1.807) is 0 Å². The largest absolute Gasteiger partial charge is 0.316 e. The van der Waals surface area contributed by atoms with E-state index in [1.807, 2.05) is 18.8 Å². The zero-order chi connectivity index (χ0) is 10.4. The Morgan fingerprint density at radius 3 is 2.43 bits per heavy atom. The van der Waals surface area contributed by atoms with Crippen molar-refractivity contribution in [2.45, 2.75) is 36.5 Å². The third kappa shape index (κ3) is 3.35. The van der Waals surface area contributed by atoms with Gasteiger partial charge in [-0.15, -0.1) is 11.8 Å². The molecule has 0 spiro atoms. The first-order valence-electron chi connectivity index (χ1n) is 5.17. The minimum Gasteiger partial charge on any atom is -0.316 e. The van der Waals surface area contributed by atoms with Crippen molar-refractivity contribution in [2.75, 3.05) is 7.05 Å². The van der Waals surface area contributed by atoms with Crippen LogP contribution in [0.15, 0.2) is 35.2 Å². The van der Waals surface area contributed by atoms with Crippen molar-refractivity contribution >= 4 is 11.8 Å². The molecule has 0 amide bonds. The van der Waals surface area contributed by atoms with Gasteiger partial charge in [0.25, 0.3) is 0 Å². The summed E-state index contributed by atoms with van der Waals surface area (Å²) in [6, 6.07) is 11.2. The highest BCUT2D eigenvalue weighted by molar-refractivity contribution is 8.00. The van der Waals surface area contributed by atoms with Crippen molar-refractivity contribution in [1.82, 2.24) is 5.32 Å². The van der Waals surface area contributed by atoms with Crippen molar-refractivity contribution in [3.63, 3.8) is 0 Å². The van der Waals surface area contributed by atoms with Gasteiger partial charge in [0.2, 0.25) is 0 Å². The second-order valence-corrected chi connectivity index (χ2v) is 4.89. The second kappa shape index (κ2) is 6.10. The molecule has 0 saturated heterocycles. The molecule has 1 aromatic rings. The van der Waals surface area contributed by atoms with Crippen molar-refractivity contribution in [1.29, 1.82) is 0 Å². The van der Waals surface area contributed by atoms with Crippen LogP contribution < -0.4 is 5.32 Å². The van der Waals surface area contributed by atoms with Crippen molar-refractivity contribution < 1.29 is 0 Å². The molecular weight excluding hydrogens is 190 g/mol. The molecule has 0 bridgehead atoms. The molecule has 0 aliphatic heterocycles. The van der Waals surface area contributed by atoms with Gasteiger partial charge in [0, 0.05) is 16.2 Å². The molecule has 0 fully saturated rings. The number of rotatable bonds is 5. The molecule has 2 heteroatoms. The predicted molar refractivity (Wildman–Crippen MR) is 64.9 cm³/mol. The van der Waals surface area contributed by atoms with Crippen LogP contribution in [0.2, 0.25) is 0 Å². The summed E-state index contributed by atoms with van der Waals surface area (Å²) in [6.45, 7) is 4.51. The van der Waals surface area contributed by atoms with E-state index >= 15 is 0 Å². The van der Waals surface area contributed by atoms with Gasteiger partial charge in [-0.3, -0.25) is 0 Å². The fraction of sp³-hybridized carbons (Fsp3) is 0.500. The number of benzene rings is 1. The zero-order valence-electron chi connectivity index (χ0n) is 9.16. The molecule has 2 atom stereocenters. The molecule has 0 saturated carbocycles. The van der Waals surface area contributed by atoms with E-state index in [1.165, 1.54) is 11.3 Å². The van der Waals surface area contributed by atoms with Gasteiger partial charge < -0.3 is 5.32 Å². The molecule has 0 aromatic heterocycles. The Morgan fingerprint density at radius 2 is 1.93 bits per heavy atom. The summed E-state index contributed by atoms with van der Waals surface area (Å²) in [5, 5.41) is 3.97. The fourth-order valence-electron chi connectivity index (χ4n) is 1.57. The van der Waals surface area contributed by atoms with Gasteiger partial charge in [0.1, 0.15) is 0 Å². The highest BCUT2D eigenvalue weighted by Crippen LogP contribution is 2.25. The summed E-state index contributed by atoms with van der Waals surface area (Å²) in [5.41, 5.74) is 0. The standard InChI is InChI=1S/C12H19NS/c1-4-12(13-3)10(2)14-11-8-6-5-7-9-11/h5-10,12-13H,4H2,1-3H3. The van der Waals surface area contributed by atoms with Gasteiger partial charge in [0.05, 0.1) is 0 Å². The Morgan fingerprint density at radius 1 is 1.29 bits per heavy atom. The smallest absolute Gasteiger partial charge is 0.0219 e. The summed E-state index contributed by atoms with van der Waals surface area (Å²) in [7, 11) is 2.04. The normalized spacial score (nSPS) is 15.1. The summed E-state index contributed by atoms with van der Waals surface area (Å²) < 4.78 is 0. The topological polar surface area (TPSA) is 12.0 Å². The lowest BCUT2D eigenvalue weighted by molar-refractivity contribution is 0.541. The van der Waals surface area contributed by atoms with Crippen LogP contribution in [0.4, 0.5) is 0 Å². The maximum atomic E-state index is 3.35. The lowest BCUT2D eigenvalue weighted by Crippen LogP contribution is -2.33. The zero-order valence-corrected chi connectivity index (χ0v) is 9.97. The highest BCUT2D eigenvalue weighted by atomic mass is 32.2. The van der Waals surface area contributed by atoms with Crippen LogP contribution >= 0.6 is 11.8 Å². The lowest BCUT2D eigenvalue weighted by atomic mass is 10.2. The molecule has 0 heterocycles. The van der Waals surface area contributed by atoms with E-state index < -0.39 is 0 Å². The molecule has 1 nitrogen and oxygen atoms in total. The minimum absolute atomic E-state index is 0.597. The number of hydrogen-bond acceptors (Lipinski definition) is 2. The fourth-order valence-corrected chi connectivity index (χ4v) is 2.80. The Balaban J connectivity index is 2.52. The first-order valence-corrected chi connectivity index (χ1v) is 6.04. The van der Waals surface area contributed by atoms with Gasteiger partial charge in [-0.1, -0.05) is 32.0 Å². The predicted octanol–water partition coefficient (Wildman–Crippen LogP) is 3.17. The average Bonchev–Trinajstić information content (AvgIpc) is 2.21. The molecule has 14 heavy (non-hydrogen) atoms. The molecule has 0 aliphatic carbocycles. The van der Waals surface area contributed by atoms with Gasteiger partial charge >= 0.3 is 0 Å². The molecule has 78 valence electrons. The Labute approximate surface area is 91.3 Å². The maximum Gasteiger partial charge on any atom is 0.0219 e. The Kier molecular flexibility index (Phi) is 5.05. The second-order valence-electron chi connectivity index (χ2n) is 3.44. The van der Waals surface area contributed by atoms with Crippen LogP contribution in [0.3, 0.4) is 0 Å². The average molecular weight is 209 g/mol. The van der Waals surface area contributed by atoms with E-state index in [4.69, 9.17) is 0 Å². The summed E-state index contributed by atoms with van der Waals surface area (Å²) >= 11 is 1.94. The minimum atomic E-state index is 0.597. The SMILES string of the molecule is CCC(NC)C(C)Sc1ccccc1. The molecule has 1 rings (SSSR count). The van der Waals surface area contributed by atoms with E-state index in [0.29, 0.717) is 11.3 Å². The van der Waals surface area contributed by atoms with E-state index in [-0.39, 0.29) is 0 Å². The maximum absolute atomic E-state index is 3.35. The summed E-state index contributed by atoms with van der Waals surface area (Å²) in [6.07, 6.45) is 1.18. The third-order valence-corrected chi connectivity index (χ3v) is 3.69. The molecule has 1 N–H and O–H groups in total. The first-order chi connectivity index (χ1) is 6.77. The van der Waals surface area contributed by atoms with Crippen LogP contribution in [0.5, 0.6) is 0 Å². The number of hydrogen-bond donors (Lipinski definition) is 1. The summed E-state index contributed by atoms with van der Waals surface area (Å²) in [4.78, 5) is 1.36. The lowest BCUT2D eigenvalue weighted by Gasteiger charge is -2.21. The number of nitrogens with one attached hydrogen (secondary N) is 1. The van der Waals surface area contributed by atoms with Crippen LogP contribution in [0, 0.1) is 0 Å². The Bertz CT molecular complexity index is 244. The van der Waals surface area contributed by atoms with Crippen LogP contribution in [-0.2, 0) is 0 Å².